The minimum Gasteiger partial charge on any atom is -0.490 e. The van der Waals surface area contributed by atoms with Gasteiger partial charge in [0.05, 0.1) is 5.56 Å². The van der Waals surface area contributed by atoms with Crippen LogP contribution in [-0.4, -0.2) is 54.0 Å². The molecule has 1 amide bonds. The van der Waals surface area contributed by atoms with Gasteiger partial charge in [0.1, 0.15) is 11.9 Å². The van der Waals surface area contributed by atoms with Gasteiger partial charge < -0.3 is 9.64 Å². The van der Waals surface area contributed by atoms with Gasteiger partial charge in [-0.05, 0) is 60.4 Å². The number of hydrogen-bond donors (Lipinski definition) is 0. The average Bonchev–Trinajstić information content (AvgIpc) is 3.17. The lowest BCUT2D eigenvalue weighted by Crippen LogP contribution is -2.41. The van der Waals surface area contributed by atoms with Crippen molar-refractivity contribution >= 4 is 17.2 Å². The Morgan fingerprint density at radius 1 is 0.966 bits per heavy atom. The third-order valence-electron chi connectivity index (χ3n) is 6.91. The lowest BCUT2D eigenvalue weighted by Gasteiger charge is -2.36. The maximum atomic E-state index is 12.5. The summed E-state index contributed by atoms with van der Waals surface area (Å²) in [6, 6.07) is 9.46. The van der Waals surface area contributed by atoms with Crippen LogP contribution >= 0.6 is 11.3 Å². The van der Waals surface area contributed by atoms with E-state index < -0.39 is 0 Å². The highest BCUT2D eigenvalue weighted by molar-refractivity contribution is 7.08. The number of benzene rings is 1. The van der Waals surface area contributed by atoms with Gasteiger partial charge in [-0.25, -0.2) is 0 Å². The van der Waals surface area contributed by atoms with E-state index in [0.717, 1.165) is 56.1 Å². The van der Waals surface area contributed by atoms with Gasteiger partial charge in [0.25, 0.3) is 5.91 Å². The standard InChI is InChI=1S/C24H30N2O2S/c27-24(20-10-15-29-17-20)26-13-8-22(9-14-26)28-23-5-4-18-6-11-25(21-2-1-3-21)12-7-19(18)16-23/h4-5,10,15-17,21-22H,1-3,6-9,11-14H2. The summed E-state index contributed by atoms with van der Waals surface area (Å²) in [5, 5.41) is 3.90. The fourth-order valence-corrected chi connectivity index (χ4v) is 5.48. The van der Waals surface area contributed by atoms with E-state index in [1.165, 1.54) is 43.5 Å². The van der Waals surface area contributed by atoms with Gasteiger partial charge in [0.15, 0.2) is 0 Å². The molecule has 4 nitrogen and oxygen atoms in total. The SMILES string of the molecule is O=C(c1ccsc1)N1CCC(Oc2ccc3c(c2)CCN(C2CCC2)CC3)CC1. The molecule has 5 rings (SSSR count). The number of hydrogen-bond acceptors (Lipinski definition) is 4. The smallest absolute Gasteiger partial charge is 0.254 e. The molecule has 5 heteroatoms. The summed E-state index contributed by atoms with van der Waals surface area (Å²) in [4.78, 5) is 17.2. The van der Waals surface area contributed by atoms with Crippen LogP contribution in [0.5, 0.6) is 5.75 Å². The molecule has 0 spiro atoms. The molecule has 29 heavy (non-hydrogen) atoms. The van der Waals surface area contributed by atoms with Crippen molar-refractivity contribution in [1.82, 2.24) is 9.80 Å². The van der Waals surface area contributed by atoms with Crippen LogP contribution in [0.2, 0.25) is 0 Å². The van der Waals surface area contributed by atoms with Crippen molar-refractivity contribution in [1.29, 1.82) is 0 Å². The minimum absolute atomic E-state index is 0.158. The number of amides is 1. The van der Waals surface area contributed by atoms with E-state index in [1.54, 1.807) is 11.3 Å². The van der Waals surface area contributed by atoms with Crippen LogP contribution in [0.25, 0.3) is 0 Å². The molecule has 1 saturated heterocycles. The average molecular weight is 411 g/mol. The second-order valence-corrected chi connectivity index (χ2v) is 9.45. The van der Waals surface area contributed by atoms with E-state index in [4.69, 9.17) is 4.74 Å². The number of carbonyl (C=O) groups is 1. The summed E-state index contributed by atoms with van der Waals surface area (Å²) in [6.07, 6.45) is 8.49. The quantitative estimate of drug-likeness (QED) is 0.750. The van der Waals surface area contributed by atoms with Crippen molar-refractivity contribution in [2.75, 3.05) is 26.2 Å². The molecule has 1 aliphatic carbocycles. The molecule has 2 aromatic rings. The molecule has 154 valence electrons. The van der Waals surface area contributed by atoms with Crippen molar-refractivity contribution in [3.8, 4) is 5.75 Å². The van der Waals surface area contributed by atoms with E-state index >= 15 is 0 Å². The zero-order valence-electron chi connectivity index (χ0n) is 17.0. The zero-order chi connectivity index (χ0) is 19.6. The summed E-state index contributed by atoms with van der Waals surface area (Å²) >= 11 is 1.58. The fraction of sp³-hybridized carbons (Fsp3) is 0.542. The summed E-state index contributed by atoms with van der Waals surface area (Å²) in [5.41, 5.74) is 3.78. The number of fused-ring (bicyclic) bond motifs is 1. The van der Waals surface area contributed by atoms with Crippen molar-refractivity contribution in [3.63, 3.8) is 0 Å². The molecule has 1 aromatic carbocycles. The third kappa shape index (κ3) is 4.22. The second-order valence-electron chi connectivity index (χ2n) is 8.67. The van der Waals surface area contributed by atoms with Crippen LogP contribution in [0.4, 0.5) is 0 Å². The molecule has 2 fully saturated rings. The normalized spacial score (nSPS) is 21.3. The molecular weight excluding hydrogens is 380 g/mol. The topological polar surface area (TPSA) is 32.8 Å². The Balaban J connectivity index is 1.16. The molecule has 1 saturated carbocycles. The molecule has 2 aliphatic heterocycles. The summed E-state index contributed by atoms with van der Waals surface area (Å²) in [6.45, 7) is 3.94. The molecule has 0 N–H and O–H groups in total. The van der Waals surface area contributed by atoms with Gasteiger partial charge in [0, 0.05) is 50.4 Å². The number of piperidine rings is 1. The predicted molar refractivity (Wildman–Crippen MR) is 117 cm³/mol. The van der Waals surface area contributed by atoms with Crippen molar-refractivity contribution < 1.29 is 9.53 Å². The van der Waals surface area contributed by atoms with Gasteiger partial charge in [-0.1, -0.05) is 12.5 Å². The van der Waals surface area contributed by atoms with E-state index in [-0.39, 0.29) is 12.0 Å². The lowest BCUT2D eigenvalue weighted by atomic mass is 9.91. The largest absolute Gasteiger partial charge is 0.490 e. The fourth-order valence-electron chi connectivity index (χ4n) is 4.85. The Labute approximate surface area is 177 Å². The van der Waals surface area contributed by atoms with Gasteiger partial charge in [0.2, 0.25) is 0 Å². The highest BCUT2D eigenvalue weighted by Crippen LogP contribution is 2.29. The Morgan fingerprint density at radius 3 is 2.45 bits per heavy atom. The number of likely N-dealkylation sites (tertiary alicyclic amines) is 1. The molecule has 0 unspecified atom stereocenters. The second kappa shape index (κ2) is 8.49. The van der Waals surface area contributed by atoms with Crippen molar-refractivity contribution in [3.05, 3.63) is 51.7 Å². The van der Waals surface area contributed by atoms with Crippen LogP contribution in [0.3, 0.4) is 0 Å². The Hall–Kier alpha value is -1.85. The monoisotopic (exact) mass is 410 g/mol. The van der Waals surface area contributed by atoms with Crippen molar-refractivity contribution in [2.24, 2.45) is 0 Å². The van der Waals surface area contributed by atoms with Gasteiger partial charge in [-0.3, -0.25) is 9.69 Å². The molecule has 1 aromatic heterocycles. The molecule has 0 radical (unpaired) electrons. The Kier molecular flexibility index (Phi) is 5.60. The van der Waals surface area contributed by atoms with Crippen molar-refractivity contribution in [2.45, 2.75) is 57.1 Å². The first-order chi connectivity index (χ1) is 14.3. The number of nitrogens with zero attached hydrogens (tertiary/aromatic N) is 2. The van der Waals surface area contributed by atoms with E-state index in [9.17, 15) is 4.79 Å². The Morgan fingerprint density at radius 2 is 1.76 bits per heavy atom. The van der Waals surface area contributed by atoms with Crippen LogP contribution in [0, 0.1) is 0 Å². The first kappa shape index (κ1) is 19.1. The maximum absolute atomic E-state index is 12.5. The third-order valence-corrected chi connectivity index (χ3v) is 7.59. The number of ether oxygens (including phenoxy) is 1. The lowest BCUT2D eigenvalue weighted by molar-refractivity contribution is 0.0596. The van der Waals surface area contributed by atoms with E-state index in [0.29, 0.717) is 0 Å². The summed E-state index contributed by atoms with van der Waals surface area (Å²) in [5.74, 6) is 1.16. The van der Waals surface area contributed by atoms with Gasteiger partial charge in [-0.15, -0.1) is 0 Å². The molecule has 0 bridgehead atoms. The van der Waals surface area contributed by atoms with Crippen LogP contribution < -0.4 is 4.74 Å². The molecular formula is C24H30N2O2S. The van der Waals surface area contributed by atoms with Gasteiger partial charge in [-0.2, -0.15) is 11.3 Å². The highest BCUT2D eigenvalue weighted by atomic mass is 32.1. The molecule has 3 aliphatic rings. The number of rotatable bonds is 4. The summed E-state index contributed by atoms with van der Waals surface area (Å²) in [7, 11) is 0. The predicted octanol–water partition coefficient (Wildman–Crippen LogP) is 4.38. The first-order valence-corrected chi connectivity index (χ1v) is 12.0. The van der Waals surface area contributed by atoms with E-state index in [1.807, 2.05) is 21.7 Å². The summed E-state index contributed by atoms with van der Waals surface area (Å²) < 4.78 is 6.34. The molecule has 3 heterocycles. The number of thiophene rings is 1. The first-order valence-electron chi connectivity index (χ1n) is 11.1. The molecule has 0 atom stereocenters. The van der Waals surface area contributed by atoms with E-state index in [2.05, 4.69) is 23.1 Å². The minimum atomic E-state index is 0.158. The van der Waals surface area contributed by atoms with Crippen LogP contribution in [-0.2, 0) is 12.8 Å². The zero-order valence-corrected chi connectivity index (χ0v) is 17.8. The number of carbonyl (C=O) groups excluding carboxylic acids is 1. The maximum Gasteiger partial charge on any atom is 0.254 e. The van der Waals surface area contributed by atoms with Gasteiger partial charge >= 0.3 is 0 Å². The van der Waals surface area contributed by atoms with Crippen LogP contribution in [0.1, 0.15) is 53.6 Å². The highest BCUT2D eigenvalue weighted by Gasteiger charge is 2.27. The van der Waals surface area contributed by atoms with Crippen LogP contribution in [0.15, 0.2) is 35.0 Å². The Bertz CT molecular complexity index is 839.